The van der Waals surface area contributed by atoms with Crippen LogP contribution in [0.5, 0.6) is 0 Å². The highest BCUT2D eigenvalue weighted by Gasteiger charge is 2.09. The van der Waals surface area contributed by atoms with Gasteiger partial charge in [-0.3, -0.25) is 9.88 Å². The number of hydrogen-bond donors (Lipinski definition) is 2. The standard InChI is InChI=1S/C10H16N6/c1-8(3-4-11)16(2)7-9-5-14-10(15-12)6-13-9/h5-6,8H,3,7,12H2,1-2H3,(H,14,15). The summed E-state index contributed by atoms with van der Waals surface area (Å²) in [6, 6.07) is 2.36. The lowest BCUT2D eigenvalue weighted by atomic mass is 10.2. The number of anilines is 1. The predicted molar refractivity (Wildman–Crippen MR) is 61.0 cm³/mol. The molecular weight excluding hydrogens is 204 g/mol. The number of nitrogen functional groups attached to an aromatic ring is 1. The number of hydrazine groups is 1. The average molecular weight is 220 g/mol. The van der Waals surface area contributed by atoms with E-state index in [0.29, 0.717) is 18.8 Å². The van der Waals surface area contributed by atoms with Crippen LogP contribution in [-0.2, 0) is 6.54 Å². The van der Waals surface area contributed by atoms with Crippen LogP contribution in [0.3, 0.4) is 0 Å². The summed E-state index contributed by atoms with van der Waals surface area (Å²) in [5.41, 5.74) is 3.27. The first-order valence-electron chi connectivity index (χ1n) is 5.02. The van der Waals surface area contributed by atoms with Gasteiger partial charge in [0.05, 0.1) is 30.6 Å². The molecule has 0 aliphatic carbocycles. The van der Waals surface area contributed by atoms with E-state index >= 15 is 0 Å². The van der Waals surface area contributed by atoms with E-state index in [0.717, 1.165) is 5.69 Å². The predicted octanol–water partition coefficient (Wildman–Crippen LogP) is 0.496. The summed E-state index contributed by atoms with van der Waals surface area (Å²) in [7, 11) is 1.96. The van der Waals surface area contributed by atoms with Crippen molar-refractivity contribution in [3.05, 3.63) is 18.1 Å². The molecule has 0 saturated carbocycles. The Bertz CT molecular complexity index is 355. The number of nitrogens with two attached hydrogens (primary N) is 1. The first-order chi connectivity index (χ1) is 7.67. The number of rotatable bonds is 5. The summed E-state index contributed by atoms with van der Waals surface area (Å²) in [6.45, 7) is 2.67. The van der Waals surface area contributed by atoms with E-state index < -0.39 is 0 Å². The molecule has 0 bridgehead atoms. The summed E-state index contributed by atoms with van der Waals surface area (Å²) in [5, 5.41) is 8.59. The number of nitrogens with zero attached hydrogens (tertiary/aromatic N) is 4. The Labute approximate surface area is 95.1 Å². The molecule has 0 aliphatic rings. The molecule has 6 heteroatoms. The van der Waals surface area contributed by atoms with Crippen LogP contribution in [0, 0.1) is 11.3 Å². The molecule has 0 spiro atoms. The zero-order valence-electron chi connectivity index (χ0n) is 9.51. The van der Waals surface area contributed by atoms with Gasteiger partial charge in [0.1, 0.15) is 0 Å². The molecule has 0 aromatic carbocycles. The summed E-state index contributed by atoms with van der Waals surface area (Å²) >= 11 is 0. The zero-order chi connectivity index (χ0) is 12.0. The quantitative estimate of drug-likeness (QED) is 0.554. The van der Waals surface area contributed by atoms with Crippen LogP contribution < -0.4 is 11.3 Å². The van der Waals surface area contributed by atoms with Crippen molar-refractivity contribution in [2.75, 3.05) is 12.5 Å². The lowest BCUT2D eigenvalue weighted by Gasteiger charge is -2.21. The Hall–Kier alpha value is -1.71. The molecule has 6 nitrogen and oxygen atoms in total. The molecule has 1 rings (SSSR count). The molecule has 16 heavy (non-hydrogen) atoms. The third kappa shape index (κ3) is 3.46. The molecule has 0 saturated heterocycles. The number of nitriles is 1. The van der Waals surface area contributed by atoms with Crippen molar-refractivity contribution in [1.29, 1.82) is 5.26 Å². The second kappa shape index (κ2) is 6.00. The summed E-state index contributed by atoms with van der Waals surface area (Å²) in [6.07, 6.45) is 3.76. The summed E-state index contributed by atoms with van der Waals surface area (Å²) < 4.78 is 0. The Balaban J connectivity index is 2.56. The van der Waals surface area contributed by atoms with Gasteiger partial charge in [0.15, 0.2) is 5.82 Å². The van der Waals surface area contributed by atoms with Gasteiger partial charge in [-0.05, 0) is 14.0 Å². The SMILES string of the molecule is CC(CC#N)N(C)Cc1cnc(NN)cn1. The Morgan fingerprint density at radius 1 is 1.56 bits per heavy atom. The number of hydrogen-bond acceptors (Lipinski definition) is 6. The number of aromatic nitrogens is 2. The second-order valence-corrected chi connectivity index (χ2v) is 3.66. The van der Waals surface area contributed by atoms with E-state index in [1.807, 2.05) is 14.0 Å². The second-order valence-electron chi connectivity index (χ2n) is 3.66. The van der Waals surface area contributed by atoms with Crippen molar-refractivity contribution in [2.45, 2.75) is 25.9 Å². The van der Waals surface area contributed by atoms with Gasteiger partial charge in [-0.1, -0.05) is 0 Å². The maximum absolute atomic E-state index is 8.59. The fourth-order valence-corrected chi connectivity index (χ4v) is 1.21. The van der Waals surface area contributed by atoms with Crippen molar-refractivity contribution in [3.63, 3.8) is 0 Å². The minimum Gasteiger partial charge on any atom is -0.307 e. The van der Waals surface area contributed by atoms with Crippen molar-refractivity contribution < 1.29 is 0 Å². The van der Waals surface area contributed by atoms with Crippen LogP contribution in [0.4, 0.5) is 5.82 Å². The Morgan fingerprint density at radius 2 is 2.31 bits per heavy atom. The maximum Gasteiger partial charge on any atom is 0.158 e. The topological polar surface area (TPSA) is 90.9 Å². The smallest absolute Gasteiger partial charge is 0.158 e. The molecule has 1 heterocycles. The van der Waals surface area contributed by atoms with Crippen LogP contribution in [-0.4, -0.2) is 28.0 Å². The molecule has 0 fully saturated rings. The average Bonchev–Trinajstić information content (AvgIpc) is 2.30. The van der Waals surface area contributed by atoms with E-state index in [2.05, 4.69) is 26.4 Å². The van der Waals surface area contributed by atoms with Crippen LogP contribution >= 0.6 is 0 Å². The highest BCUT2D eigenvalue weighted by atomic mass is 15.3. The van der Waals surface area contributed by atoms with Crippen molar-refractivity contribution in [1.82, 2.24) is 14.9 Å². The lowest BCUT2D eigenvalue weighted by Crippen LogP contribution is -2.28. The van der Waals surface area contributed by atoms with E-state index in [9.17, 15) is 0 Å². The van der Waals surface area contributed by atoms with Gasteiger partial charge < -0.3 is 5.43 Å². The molecule has 1 unspecified atom stereocenters. The molecule has 86 valence electrons. The van der Waals surface area contributed by atoms with E-state index in [4.69, 9.17) is 11.1 Å². The minimum atomic E-state index is 0.208. The maximum atomic E-state index is 8.59. The highest BCUT2D eigenvalue weighted by Crippen LogP contribution is 2.06. The monoisotopic (exact) mass is 220 g/mol. The molecule has 1 aromatic rings. The molecule has 1 atom stereocenters. The summed E-state index contributed by atoms with van der Waals surface area (Å²) in [4.78, 5) is 10.3. The minimum absolute atomic E-state index is 0.208. The van der Waals surface area contributed by atoms with Gasteiger partial charge in [0.25, 0.3) is 0 Å². The van der Waals surface area contributed by atoms with E-state index in [1.54, 1.807) is 12.4 Å². The third-order valence-corrected chi connectivity index (χ3v) is 2.40. The Kier molecular flexibility index (Phi) is 4.64. The largest absolute Gasteiger partial charge is 0.307 e. The summed E-state index contributed by atoms with van der Waals surface area (Å²) in [5.74, 6) is 5.73. The molecule has 0 amide bonds. The van der Waals surface area contributed by atoms with Crippen molar-refractivity contribution in [3.8, 4) is 6.07 Å². The fourth-order valence-electron chi connectivity index (χ4n) is 1.21. The fraction of sp³-hybridized carbons (Fsp3) is 0.500. The normalized spacial score (nSPS) is 12.2. The molecular formula is C10H16N6. The molecule has 0 aliphatic heterocycles. The molecule has 0 radical (unpaired) electrons. The van der Waals surface area contributed by atoms with E-state index in [-0.39, 0.29) is 6.04 Å². The van der Waals surface area contributed by atoms with E-state index in [1.165, 1.54) is 0 Å². The van der Waals surface area contributed by atoms with Gasteiger partial charge in [0.2, 0.25) is 0 Å². The third-order valence-electron chi connectivity index (χ3n) is 2.40. The molecule has 3 N–H and O–H groups in total. The van der Waals surface area contributed by atoms with Crippen molar-refractivity contribution >= 4 is 5.82 Å². The van der Waals surface area contributed by atoms with Gasteiger partial charge in [-0.15, -0.1) is 0 Å². The number of nitrogens with one attached hydrogen (secondary N) is 1. The first kappa shape index (κ1) is 12.4. The molecule has 1 aromatic heterocycles. The van der Waals surface area contributed by atoms with Crippen LogP contribution in [0.15, 0.2) is 12.4 Å². The van der Waals surface area contributed by atoms with Crippen LogP contribution in [0.1, 0.15) is 19.0 Å². The van der Waals surface area contributed by atoms with Gasteiger partial charge in [-0.25, -0.2) is 10.8 Å². The van der Waals surface area contributed by atoms with Gasteiger partial charge in [0, 0.05) is 12.6 Å². The van der Waals surface area contributed by atoms with Gasteiger partial charge >= 0.3 is 0 Å². The van der Waals surface area contributed by atoms with Crippen molar-refractivity contribution in [2.24, 2.45) is 5.84 Å². The lowest BCUT2D eigenvalue weighted by molar-refractivity contribution is 0.249. The van der Waals surface area contributed by atoms with Crippen LogP contribution in [0.2, 0.25) is 0 Å². The Morgan fingerprint density at radius 3 is 2.81 bits per heavy atom. The zero-order valence-corrected chi connectivity index (χ0v) is 9.51. The van der Waals surface area contributed by atoms with Crippen LogP contribution in [0.25, 0.3) is 0 Å². The first-order valence-corrected chi connectivity index (χ1v) is 5.02. The highest BCUT2D eigenvalue weighted by molar-refractivity contribution is 5.28. The van der Waals surface area contributed by atoms with Gasteiger partial charge in [-0.2, -0.15) is 5.26 Å².